The Labute approximate surface area is 168 Å². The number of carbonyl (C=O) groups excluding carboxylic acids is 1. The van der Waals surface area contributed by atoms with Gasteiger partial charge in [-0.3, -0.25) is 14.4 Å². The fourth-order valence-corrected chi connectivity index (χ4v) is 5.49. The van der Waals surface area contributed by atoms with Gasteiger partial charge in [-0.25, -0.2) is 8.42 Å². The van der Waals surface area contributed by atoms with Crippen LogP contribution < -0.4 is 4.72 Å². The number of benzene rings is 1. The Morgan fingerprint density at radius 2 is 2.04 bits per heavy atom. The lowest BCUT2D eigenvalue weighted by molar-refractivity contribution is -0.135. The molecule has 27 heavy (non-hydrogen) atoms. The standard InChI is InChI=1S/C18H22ClN3O3S2/c1-13-15(19)4-3-5-17(13)27(24,25)20-16-12-26-11-14(16)6-7-22-9-8-21(2)10-18(22)23/h3-5,11-12,20H,6-10H2,1-2H3. The number of rotatable bonds is 6. The summed E-state index contributed by atoms with van der Waals surface area (Å²) in [6.45, 7) is 4.24. The van der Waals surface area contributed by atoms with E-state index < -0.39 is 10.0 Å². The fraction of sp³-hybridized carbons (Fsp3) is 0.389. The van der Waals surface area contributed by atoms with Gasteiger partial charge >= 0.3 is 0 Å². The first-order valence-corrected chi connectivity index (χ1v) is 11.4. The molecule has 6 nitrogen and oxygen atoms in total. The van der Waals surface area contributed by atoms with E-state index in [0.29, 0.717) is 42.3 Å². The summed E-state index contributed by atoms with van der Waals surface area (Å²) in [5.41, 5.74) is 1.96. The number of hydrogen-bond acceptors (Lipinski definition) is 5. The lowest BCUT2D eigenvalue weighted by atomic mass is 10.2. The van der Waals surface area contributed by atoms with Gasteiger partial charge in [-0.05, 0) is 49.0 Å². The van der Waals surface area contributed by atoms with Crippen LogP contribution in [0.4, 0.5) is 5.69 Å². The number of nitrogens with zero attached hydrogens (tertiary/aromatic N) is 2. The molecule has 1 saturated heterocycles. The Morgan fingerprint density at radius 3 is 2.78 bits per heavy atom. The SMILES string of the molecule is Cc1c(Cl)cccc1S(=O)(=O)Nc1cscc1CCN1CCN(C)CC1=O. The highest BCUT2D eigenvalue weighted by atomic mass is 35.5. The summed E-state index contributed by atoms with van der Waals surface area (Å²) in [7, 11) is -1.81. The Balaban J connectivity index is 1.71. The number of anilines is 1. The van der Waals surface area contributed by atoms with Crippen LogP contribution in [0.5, 0.6) is 0 Å². The van der Waals surface area contributed by atoms with Crippen LogP contribution in [-0.4, -0.2) is 57.4 Å². The molecule has 2 heterocycles. The minimum Gasteiger partial charge on any atom is -0.340 e. The van der Waals surface area contributed by atoms with Gasteiger partial charge in [-0.15, -0.1) is 11.3 Å². The molecule has 2 aromatic rings. The largest absolute Gasteiger partial charge is 0.340 e. The van der Waals surface area contributed by atoms with Crippen molar-refractivity contribution in [3.63, 3.8) is 0 Å². The van der Waals surface area contributed by atoms with Crippen LogP contribution in [0.15, 0.2) is 33.9 Å². The number of piperazine rings is 1. The number of likely N-dealkylation sites (N-methyl/N-ethyl adjacent to an activating group) is 1. The van der Waals surface area contributed by atoms with Gasteiger partial charge in [0, 0.05) is 30.0 Å². The van der Waals surface area contributed by atoms with Gasteiger partial charge < -0.3 is 4.90 Å². The lowest BCUT2D eigenvalue weighted by Gasteiger charge is -2.32. The van der Waals surface area contributed by atoms with E-state index >= 15 is 0 Å². The zero-order chi connectivity index (χ0) is 19.6. The molecular formula is C18H22ClN3O3S2. The van der Waals surface area contributed by atoms with Crippen molar-refractivity contribution in [2.24, 2.45) is 0 Å². The minimum absolute atomic E-state index is 0.107. The average Bonchev–Trinajstić information content (AvgIpc) is 3.02. The second-order valence-corrected chi connectivity index (χ2v) is 9.45. The normalized spacial score (nSPS) is 16.0. The van der Waals surface area contributed by atoms with Crippen LogP contribution >= 0.6 is 22.9 Å². The molecule has 0 radical (unpaired) electrons. The third-order valence-electron chi connectivity index (χ3n) is 4.65. The number of hydrogen-bond donors (Lipinski definition) is 1. The van der Waals surface area contributed by atoms with E-state index in [1.54, 1.807) is 30.5 Å². The van der Waals surface area contributed by atoms with Crippen molar-refractivity contribution >= 4 is 44.6 Å². The molecule has 0 atom stereocenters. The van der Waals surface area contributed by atoms with E-state index in [9.17, 15) is 13.2 Å². The molecular weight excluding hydrogens is 406 g/mol. The maximum Gasteiger partial charge on any atom is 0.262 e. The molecule has 0 saturated carbocycles. The van der Waals surface area contributed by atoms with Gasteiger partial charge in [-0.1, -0.05) is 17.7 Å². The molecule has 1 aliphatic heterocycles. The van der Waals surface area contributed by atoms with Crippen LogP contribution in [0.1, 0.15) is 11.1 Å². The van der Waals surface area contributed by atoms with Gasteiger partial charge in [0.15, 0.2) is 0 Å². The number of thiophene rings is 1. The smallest absolute Gasteiger partial charge is 0.262 e. The third-order valence-corrected chi connectivity index (χ3v) is 7.37. The van der Waals surface area contributed by atoms with Gasteiger partial charge in [0.25, 0.3) is 10.0 Å². The monoisotopic (exact) mass is 427 g/mol. The molecule has 1 amide bonds. The van der Waals surface area contributed by atoms with E-state index in [1.165, 1.54) is 11.3 Å². The maximum atomic E-state index is 12.8. The van der Waals surface area contributed by atoms with E-state index in [-0.39, 0.29) is 10.8 Å². The first kappa shape index (κ1) is 20.1. The third kappa shape index (κ3) is 4.63. The summed E-state index contributed by atoms with van der Waals surface area (Å²) >= 11 is 7.49. The van der Waals surface area contributed by atoms with Crippen molar-refractivity contribution in [1.82, 2.24) is 9.80 Å². The zero-order valence-corrected chi connectivity index (χ0v) is 17.6. The van der Waals surface area contributed by atoms with Crippen LogP contribution in [0.2, 0.25) is 5.02 Å². The highest BCUT2D eigenvalue weighted by Crippen LogP contribution is 2.28. The summed E-state index contributed by atoms with van der Waals surface area (Å²) in [4.78, 5) is 16.1. The average molecular weight is 428 g/mol. The molecule has 3 rings (SSSR count). The number of sulfonamides is 1. The molecule has 9 heteroatoms. The van der Waals surface area contributed by atoms with Crippen molar-refractivity contribution in [3.05, 3.63) is 45.1 Å². The van der Waals surface area contributed by atoms with Gasteiger partial charge in [-0.2, -0.15) is 0 Å². The summed E-state index contributed by atoms with van der Waals surface area (Å²) in [5, 5.41) is 4.11. The summed E-state index contributed by atoms with van der Waals surface area (Å²) in [6, 6.07) is 4.83. The van der Waals surface area contributed by atoms with Crippen molar-refractivity contribution in [2.75, 3.05) is 37.9 Å². The van der Waals surface area contributed by atoms with Gasteiger partial charge in [0.05, 0.1) is 17.1 Å². The summed E-state index contributed by atoms with van der Waals surface area (Å²) in [5.74, 6) is 0.107. The molecule has 0 aliphatic carbocycles. The second kappa shape index (κ2) is 8.18. The number of carbonyl (C=O) groups is 1. The molecule has 146 valence electrons. The Bertz CT molecular complexity index is 943. The number of halogens is 1. The lowest BCUT2D eigenvalue weighted by Crippen LogP contribution is -2.49. The Hall–Kier alpha value is -1.61. The minimum atomic E-state index is -3.74. The second-order valence-electron chi connectivity index (χ2n) is 6.65. The topological polar surface area (TPSA) is 69.7 Å². The molecule has 0 spiro atoms. The first-order chi connectivity index (χ1) is 12.8. The molecule has 1 fully saturated rings. The number of amides is 1. The van der Waals surface area contributed by atoms with E-state index in [4.69, 9.17) is 11.6 Å². The molecule has 1 aliphatic rings. The highest BCUT2D eigenvalue weighted by Gasteiger charge is 2.23. The fourth-order valence-electron chi connectivity index (χ4n) is 3.00. The van der Waals surface area contributed by atoms with Gasteiger partial charge in [0.2, 0.25) is 5.91 Å². The van der Waals surface area contributed by atoms with E-state index in [0.717, 1.165) is 12.1 Å². The Morgan fingerprint density at radius 1 is 1.26 bits per heavy atom. The van der Waals surface area contributed by atoms with E-state index in [2.05, 4.69) is 4.72 Å². The predicted molar refractivity (Wildman–Crippen MR) is 109 cm³/mol. The summed E-state index contributed by atoms with van der Waals surface area (Å²) in [6.07, 6.45) is 0.603. The van der Waals surface area contributed by atoms with Crippen LogP contribution in [0, 0.1) is 6.92 Å². The summed E-state index contributed by atoms with van der Waals surface area (Å²) < 4.78 is 28.2. The van der Waals surface area contributed by atoms with E-state index in [1.807, 2.05) is 22.2 Å². The maximum absolute atomic E-state index is 12.8. The molecule has 1 aromatic heterocycles. The molecule has 0 unspecified atom stereocenters. The quantitative estimate of drug-likeness (QED) is 0.769. The predicted octanol–water partition coefficient (Wildman–Crippen LogP) is 2.83. The molecule has 1 aromatic carbocycles. The van der Waals surface area contributed by atoms with Crippen LogP contribution in [0.25, 0.3) is 0 Å². The highest BCUT2D eigenvalue weighted by molar-refractivity contribution is 7.92. The zero-order valence-electron chi connectivity index (χ0n) is 15.2. The first-order valence-electron chi connectivity index (χ1n) is 8.57. The van der Waals surface area contributed by atoms with Crippen LogP contribution in [0.3, 0.4) is 0 Å². The van der Waals surface area contributed by atoms with Crippen molar-refractivity contribution in [3.8, 4) is 0 Å². The molecule has 1 N–H and O–H groups in total. The van der Waals surface area contributed by atoms with Crippen molar-refractivity contribution < 1.29 is 13.2 Å². The van der Waals surface area contributed by atoms with Crippen molar-refractivity contribution in [1.29, 1.82) is 0 Å². The molecule has 0 bridgehead atoms. The van der Waals surface area contributed by atoms with Gasteiger partial charge in [0.1, 0.15) is 0 Å². The number of nitrogens with one attached hydrogen (secondary N) is 1. The van der Waals surface area contributed by atoms with Crippen molar-refractivity contribution in [2.45, 2.75) is 18.2 Å². The van der Waals surface area contributed by atoms with Crippen LogP contribution in [-0.2, 0) is 21.2 Å². The Kier molecular flexibility index (Phi) is 6.10.